The number of ether oxygens (including phenoxy) is 24. The van der Waals surface area contributed by atoms with Crippen molar-refractivity contribution >= 4 is 606 Å². The van der Waals surface area contributed by atoms with Gasteiger partial charge in [-0.25, -0.2) is 115 Å². The number of hydrogen-bond donors (Lipinski definition) is 0. The Morgan fingerprint density at radius 2 is 0.160 bits per heavy atom. The van der Waals surface area contributed by atoms with E-state index in [1.807, 2.05) is 0 Å². The molecule has 3 rings (SSSR count). The van der Waals surface area contributed by atoms with Gasteiger partial charge in [-0.1, -0.05) is 0 Å². The van der Waals surface area contributed by atoms with Crippen molar-refractivity contribution in [3.05, 3.63) is 0 Å². The second kappa shape index (κ2) is 180. The molecule has 908 valence electrons. The van der Waals surface area contributed by atoms with Gasteiger partial charge in [0.25, 0.3) is 0 Å². The molecule has 3 fully saturated rings. The molecule has 150 heavy (non-hydrogen) atoms. The van der Waals surface area contributed by atoms with Gasteiger partial charge in [0, 0.05) is 0 Å². The Kier molecular flexibility index (Phi) is 239. The Morgan fingerprint density at radius 3 is 0.180 bits per heavy atom. The third kappa shape index (κ3) is 192. The first kappa shape index (κ1) is 199. The van der Waals surface area contributed by atoms with Crippen molar-refractivity contribution in [3.63, 3.8) is 0 Å². The SMILES string of the molecule is O=C1OCCOC(=O)C(=O)OCCOC(=O)C(=O)OCCOC(=O)C(=O)OCCOC1=O.O=C1OCCOC(=O)C(=O)OCCOC(=O)C(=O)OCCOC(=O)C(=O)OCCOC1=O.O=C1OCCOC(=O)C(=O)OCCOC(=O)C(=O)OCCOC(=O)C(=O)OCCOC1=O.[Cl][Cu][Cl].[Cl][Cu][Cl].[Cl][Cu][Cl].[Cl][Cu][Cl].[Cl][Fe][Cl].[Cl][Fe][Cl].[Cl][Fe][Cl].[Cl][Fe][Cl].[Cl][Mn][Cl].[Cl][Mn][Cl].[Cl][Mn][Cl].[Cl][Mn][Cl].[Cl][Sn][Cl].[Cl][Sn][Cl].[Cl][Sn][Cl].[Cl][Sn][Cl].[Cl][Sn][Cl].[Cl][Sn][Cl]. The van der Waals surface area contributed by atoms with E-state index >= 15 is 0 Å². The Bertz CT molecular complexity index is 2510. The number of carbonyl (C=O) groups excluding carboxylic acids is 24. The maximum atomic E-state index is 11.3. The molecule has 102 heteroatoms. The van der Waals surface area contributed by atoms with E-state index in [1.165, 1.54) is 0 Å². The average Bonchev–Trinajstić information content (AvgIpc) is 0.943. The Hall–Kier alpha value is 8.75. The predicted molar refractivity (Wildman–Crippen MR) is 508 cm³/mol. The molecule has 0 atom stereocenters. The van der Waals surface area contributed by atoms with Crippen LogP contribution in [-0.4, -0.2) is 415 Å². The molecule has 12 radical (unpaired) electrons. The first-order valence-electron chi connectivity index (χ1n) is 31.1. The second-order valence-electron chi connectivity index (χ2n) is 16.3. The van der Waals surface area contributed by atoms with Crippen LogP contribution in [0, 0.1) is 0 Å². The Balaban J connectivity index is -0.0000000873. The third-order valence-electron chi connectivity index (χ3n) is 8.60. The normalized spacial score (nSPS) is 14.9. The number of rotatable bonds is 0. The molecule has 3 aliphatic rings. The summed E-state index contributed by atoms with van der Waals surface area (Å²) in [5, 5.41) is 0. The van der Waals surface area contributed by atoms with Crippen molar-refractivity contribution in [1.82, 2.24) is 0 Å². The van der Waals surface area contributed by atoms with Crippen LogP contribution in [0.2, 0.25) is 0 Å². The molecular formula is C48H48Cl36Cu4Fe4Mn4O48Sn6. The van der Waals surface area contributed by atoms with Crippen molar-refractivity contribution < 1.29 is 386 Å². The van der Waals surface area contributed by atoms with Gasteiger partial charge in [0.1, 0.15) is 159 Å². The predicted octanol–water partition coefficient (Wildman–Crippen LogP) is 11.5. The van der Waals surface area contributed by atoms with Gasteiger partial charge in [0.05, 0.1) is 0 Å². The molecule has 0 amide bonds. The standard InChI is InChI=1S/3C16H16O16.36ClH.4Cu.4Fe.4Mn.6Sn/c3*17-9-10(18)27-3-4-29-13(21)14(22)31-7-8-32-16(24)15(23)30-6-5-28-12(20)11(19)26-2-1-25-9;;;;;;;;;;;;;;;;;;;;;;;;;;;;;;;;;;;;;;;;;;;;;;;;;;;;;;/h3*1-8H2;36*1H;;;;;;;;;;;;;;;;;;/q;;;;;;;;;;;;;;;;;;;;;;;;;;;;;;;;;;;;;;;18*+2/p-36. The first-order chi connectivity index (χ1) is 71.1. The van der Waals surface area contributed by atoms with E-state index in [0.717, 1.165) is 52.5 Å². The van der Waals surface area contributed by atoms with E-state index in [1.54, 1.807) is 0 Å². The molecule has 0 aliphatic carbocycles. The maximum absolute atomic E-state index is 11.3. The van der Waals surface area contributed by atoms with E-state index in [4.69, 9.17) is 269 Å². The first-order valence-corrected chi connectivity index (χ1v) is 110. The van der Waals surface area contributed by atoms with Crippen molar-refractivity contribution in [2.24, 2.45) is 0 Å². The van der Waals surface area contributed by atoms with Crippen LogP contribution in [0.3, 0.4) is 0 Å². The topological polar surface area (TPSA) is 631 Å². The third-order valence-corrected chi connectivity index (χ3v) is 8.60. The zero-order valence-corrected chi connectivity index (χ0v) is 127. The molecule has 3 saturated heterocycles. The minimum absolute atomic E-state index is 0.00694. The molecule has 0 bridgehead atoms. The molecule has 0 aromatic rings. The van der Waals surface area contributed by atoms with Crippen molar-refractivity contribution in [1.29, 1.82) is 0 Å². The summed E-state index contributed by atoms with van der Waals surface area (Å²) in [4.78, 5) is 272. The molecular weight excluding hydrogens is 4030 g/mol. The quantitative estimate of drug-likeness (QED) is 0.0940. The van der Waals surface area contributed by atoms with Crippen LogP contribution in [0.4, 0.5) is 0 Å². The summed E-state index contributed by atoms with van der Waals surface area (Å²) in [6.07, 6.45) is 0. The fourth-order valence-corrected chi connectivity index (χ4v) is 4.64. The summed E-state index contributed by atoms with van der Waals surface area (Å²) < 4.78 is 106. The summed E-state index contributed by atoms with van der Waals surface area (Å²) in [6, 6.07) is 0. The summed E-state index contributed by atoms with van der Waals surface area (Å²) in [6.45, 7) is -14.8. The minimum atomic E-state index is -1.47. The van der Waals surface area contributed by atoms with E-state index in [0.29, 0.717) is 0 Å². The van der Waals surface area contributed by atoms with Crippen LogP contribution in [0.15, 0.2) is 0 Å². The van der Waals surface area contributed by atoms with Gasteiger partial charge in [0.15, 0.2) is 0 Å². The summed E-state index contributed by atoms with van der Waals surface area (Å²) >= 11 is -1.12. The van der Waals surface area contributed by atoms with Crippen molar-refractivity contribution in [2.45, 2.75) is 0 Å². The van der Waals surface area contributed by atoms with Crippen molar-refractivity contribution in [2.75, 3.05) is 159 Å². The molecule has 0 spiro atoms. The average molecular weight is 4080 g/mol. The van der Waals surface area contributed by atoms with Crippen LogP contribution in [0.25, 0.3) is 0 Å². The molecule has 0 unspecified atom stereocenters. The van der Waals surface area contributed by atoms with E-state index in [-0.39, 0.29) is 105 Å². The van der Waals surface area contributed by atoms with Gasteiger partial charge in [-0.05, 0) is 0 Å². The molecule has 48 nitrogen and oxygen atoms in total. The molecule has 3 heterocycles. The molecule has 0 aromatic carbocycles. The van der Waals surface area contributed by atoms with Crippen LogP contribution < -0.4 is 0 Å². The molecule has 0 aromatic heterocycles. The van der Waals surface area contributed by atoms with E-state index in [9.17, 15) is 115 Å². The molecule has 3 aliphatic heterocycles. The molecule has 0 saturated carbocycles. The number of halogens is 36. The van der Waals surface area contributed by atoms with Gasteiger partial charge in [-0.2, -0.15) is 0 Å². The number of esters is 24. The zero-order valence-electron chi connectivity index (χ0n) is 69.3. The Morgan fingerprint density at radius 1 is 0.140 bits per heavy atom. The zero-order chi connectivity index (χ0) is 121. The van der Waals surface area contributed by atoms with Crippen LogP contribution in [0.1, 0.15) is 0 Å². The number of cyclic esters (lactones) is 24. The van der Waals surface area contributed by atoms with E-state index in [2.05, 4.69) is 194 Å². The second-order valence-corrected chi connectivity index (χ2v) is 63.0. The van der Waals surface area contributed by atoms with Crippen LogP contribution in [0.5, 0.6) is 0 Å². The van der Waals surface area contributed by atoms with Gasteiger partial charge in [-0.3, -0.25) is 0 Å². The van der Waals surface area contributed by atoms with Crippen molar-refractivity contribution in [3.8, 4) is 0 Å². The summed E-state index contributed by atoms with van der Waals surface area (Å²) in [5.74, 6) is -35.3. The Labute approximate surface area is 1130 Å². The van der Waals surface area contributed by atoms with Gasteiger partial charge < -0.3 is 114 Å². The van der Waals surface area contributed by atoms with Crippen LogP contribution in [-0.2, 0) is 386 Å². The van der Waals surface area contributed by atoms with Crippen LogP contribution >= 0.6 is 349 Å². The van der Waals surface area contributed by atoms with Gasteiger partial charge >= 0.3 is 764 Å². The summed E-state index contributed by atoms with van der Waals surface area (Å²) in [5.41, 5.74) is 0. The number of hydrogen-bond acceptors (Lipinski definition) is 48. The van der Waals surface area contributed by atoms with E-state index < -0.39 is 415 Å². The number of carbonyl (C=O) groups is 24. The van der Waals surface area contributed by atoms with Gasteiger partial charge in [-0.15, -0.1) is 0 Å². The summed E-state index contributed by atoms with van der Waals surface area (Å²) in [7, 11) is 173. The monoisotopic (exact) mass is 4070 g/mol. The van der Waals surface area contributed by atoms with Gasteiger partial charge in [0.2, 0.25) is 0 Å². The molecule has 0 N–H and O–H groups in total. The fourth-order valence-electron chi connectivity index (χ4n) is 4.64. The fraction of sp³-hybridized carbons (Fsp3) is 0.500.